The minimum Gasteiger partial charge on any atom is -0.473 e. The number of benzene rings is 2. The van der Waals surface area contributed by atoms with Crippen molar-refractivity contribution >= 4 is 5.82 Å². The van der Waals surface area contributed by atoms with E-state index in [-0.39, 0.29) is 35.6 Å². The number of ether oxygens (including phenoxy) is 3. The zero-order valence-electron chi connectivity index (χ0n) is 18.3. The first-order valence-corrected chi connectivity index (χ1v) is 10.8. The lowest BCUT2D eigenvalue weighted by molar-refractivity contribution is -0.137. The Hall–Kier alpha value is -4.04. The van der Waals surface area contributed by atoms with Gasteiger partial charge < -0.3 is 19.1 Å². The highest BCUT2D eigenvalue weighted by Crippen LogP contribution is 2.33. The summed E-state index contributed by atoms with van der Waals surface area (Å²) in [5.41, 5.74) is -0.371. The van der Waals surface area contributed by atoms with Crippen molar-refractivity contribution in [2.24, 2.45) is 0 Å². The Bertz CT molecular complexity index is 1350. The van der Waals surface area contributed by atoms with Gasteiger partial charge in [-0.1, -0.05) is 6.07 Å². The van der Waals surface area contributed by atoms with Crippen molar-refractivity contribution < 1.29 is 27.4 Å². The van der Waals surface area contributed by atoms with Crippen molar-refractivity contribution in [1.29, 1.82) is 5.26 Å². The van der Waals surface area contributed by atoms with Gasteiger partial charge in [-0.3, -0.25) is 4.57 Å². The van der Waals surface area contributed by atoms with Crippen LogP contribution < -0.4 is 20.1 Å². The van der Waals surface area contributed by atoms with E-state index in [2.05, 4.69) is 9.88 Å². The smallest absolute Gasteiger partial charge is 0.416 e. The Morgan fingerprint density at radius 3 is 2.71 bits per heavy atom. The van der Waals surface area contributed by atoms with Crippen molar-refractivity contribution in [3.63, 3.8) is 0 Å². The molecule has 0 amide bonds. The molecule has 0 saturated carbocycles. The van der Waals surface area contributed by atoms with E-state index in [9.17, 15) is 23.2 Å². The number of halogens is 3. The summed E-state index contributed by atoms with van der Waals surface area (Å²) in [7, 11) is 0. The number of aromatic nitrogens is 2. The second-order valence-corrected chi connectivity index (χ2v) is 8.12. The molecule has 3 heterocycles. The number of anilines is 1. The zero-order valence-corrected chi connectivity index (χ0v) is 18.3. The van der Waals surface area contributed by atoms with Crippen molar-refractivity contribution in [2.75, 3.05) is 24.7 Å². The van der Waals surface area contributed by atoms with Crippen molar-refractivity contribution in [2.45, 2.75) is 25.4 Å². The lowest BCUT2D eigenvalue weighted by atomic mass is 10.1. The highest BCUT2D eigenvalue weighted by atomic mass is 19.4. The average Bonchev–Trinajstić information content (AvgIpc) is 3.22. The fourth-order valence-electron chi connectivity index (χ4n) is 4.11. The van der Waals surface area contributed by atoms with Gasteiger partial charge in [0, 0.05) is 12.6 Å². The van der Waals surface area contributed by atoms with Crippen molar-refractivity contribution in [1.82, 2.24) is 9.55 Å². The molecule has 1 atom stereocenters. The Morgan fingerprint density at radius 2 is 1.97 bits per heavy atom. The Balaban J connectivity index is 1.29. The van der Waals surface area contributed by atoms with E-state index in [4.69, 9.17) is 14.2 Å². The fraction of sp³-hybridized carbons (Fsp3) is 0.292. The summed E-state index contributed by atoms with van der Waals surface area (Å²) >= 11 is 0. The summed E-state index contributed by atoms with van der Waals surface area (Å²) in [5, 5.41) is 9.52. The highest BCUT2D eigenvalue weighted by Gasteiger charge is 2.33. The molecule has 0 radical (unpaired) electrons. The summed E-state index contributed by atoms with van der Waals surface area (Å²) < 4.78 is 56.7. The van der Waals surface area contributed by atoms with Gasteiger partial charge in [0.15, 0.2) is 0 Å². The van der Waals surface area contributed by atoms with Gasteiger partial charge in [0.1, 0.15) is 30.0 Å². The Labute approximate surface area is 197 Å². The van der Waals surface area contributed by atoms with Crippen molar-refractivity contribution in [3.05, 3.63) is 75.7 Å². The maximum absolute atomic E-state index is 12.7. The molecule has 0 spiro atoms. The average molecular weight is 484 g/mol. The standard InChI is InChI=1S/C24H19F3N4O4/c25-24(26,27)17-2-4-19(5-3-17)35-20-6-1-15(9-16(20)11-28)13-34-21-10-22-30-7-8-33-14-18(30)12-31(22)23(32)29-21/h1-6,9-10,18H,7-8,12-14H2. The number of hydrogen-bond donors (Lipinski definition) is 0. The van der Waals surface area contributed by atoms with Gasteiger partial charge in [-0.2, -0.15) is 23.4 Å². The maximum Gasteiger partial charge on any atom is 0.416 e. The van der Waals surface area contributed by atoms with Gasteiger partial charge in [0.05, 0.1) is 36.9 Å². The summed E-state index contributed by atoms with van der Waals surface area (Å²) in [4.78, 5) is 18.6. The second kappa shape index (κ2) is 8.96. The van der Waals surface area contributed by atoms with E-state index in [1.807, 2.05) is 6.07 Å². The SMILES string of the molecule is N#Cc1cc(COc2cc3n(c(=O)n2)CC2COCCN32)ccc1Oc1ccc(C(F)(F)F)cc1. The van der Waals surface area contributed by atoms with E-state index in [1.165, 1.54) is 18.2 Å². The molecule has 2 aromatic carbocycles. The molecule has 5 rings (SSSR count). The van der Waals surface area contributed by atoms with E-state index in [1.54, 1.807) is 22.8 Å². The zero-order chi connectivity index (χ0) is 24.6. The summed E-state index contributed by atoms with van der Waals surface area (Å²) in [5.74, 6) is 1.29. The first kappa shape index (κ1) is 22.7. The minimum atomic E-state index is -4.44. The Morgan fingerprint density at radius 1 is 1.17 bits per heavy atom. The van der Waals surface area contributed by atoms with Crippen LogP contribution in [-0.4, -0.2) is 35.4 Å². The predicted octanol–water partition coefficient (Wildman–Crippen LogP) is 3.72. The molecular formula is C24H19F3N4O4. The molecule has 0 bridgehead atoms. The van der Waals surface area contributed by atoms with E-state index < -0.39 is 17.4 Å². The molecule has 1 fully saturated rings. The third kappa shape index (κ3) is 4.65. The van der Waals surface area contributed by atoms with Gasteiger partial charge in [-0.25, -0.2) is 4.79 Å². The number of nitrogens with zero attached hydrogens (tertiary/aromatic N) is 4. The van der Waals surface area contributed by atoms with Crippen LogP contribution in [0.25, 0.3) is 0 Å². The summed E-state index contributed by atoms with van der Waals surface area (Å²) in [6, 6.07) is 12.8. The van der Waals surface area contributed by atoms with Crippen LogP contribution in [0.4, 0.5) is 19.0 Å². The van der Waals surface area contributed by atoms with Crippen LogP contribution in [0.3, 0.4) is 0 Å². The third-order valence-electron chi connectivity index (χ3n) is 5.84. The number of rotatable bonds is 5. The molecule has 8 nitrogen and oxygen atoms in total. The van der Waals surface area contributed by atoms with Crippen LogP contribution in [0.2, 0.25) is 0 Å². The van der Waals surface area contributed by atoms with Crippen LogP contribution in [0.5, 0.6) is 17.4 Å². The van der Waals surface area contributed by atoms with Crippen LogP contribution in [0.15, 0.2) is 53.3 Å². The second-order valence-electron chi connectivity index (χ2n) is 8.12. The number of fused-ring (bicyclic) bond motifs is 3. The monoisotopic (exact) mass is 484 g/mol. The lowest BCUT2D eigenvalue weighted by Gasteiger charge is -2.30. The molecule has 1 aromatic heterocycles. The van der Waals surface area contributed by atoms with Crippen LogP contribution >= 0.6 is 0 Å². The van der Waals surface area contributed by atoms with Crippen LogP contribution in [0.1, 0.15) is 16.7 Å². The summed E-state index contributed by atoms with van der Waals surface area (Å²) in [6.07, 6.45) is -4.44. The van der Waals surface area contributed by atoms with E-state index in [0.29, 0.717) is 31.9 Å². The molecule has 11 heteroatoms. The quantitative estimate of drug-likeness (QED) is 0.545. The first-order chi connectivity index (χ1) is 16.8. The molecular weight excluding hydrogens is 465 g/mol. The largest absolute Gasteiger partial charge is 0.473 e. The van der Waals surface area contributed by atoms with Gasteiger partial charge >= 0.3 is 11.9 Å². The normalized spacial score (nSPS) is 16.9. The number of nitriles is 1. The molecule has 0 N–H and O–H groups in total. The van der Waals surface area contributed by atoms with Gasteiger partial charge in [0.25, 0.3) is 0 Å². The lowest BCUT2D eigenvalue weighted by Crippen LogP contribution is -2.43. The molecule has 180 valence electrons. The van der Waals surface area contributed by atoms with Crippen LogP contribution in [0, 0.1) is 11.3 Å². The molecule has 35 heavy (non-hydrogen) atoms. The number of morpholine rings is 1. The maximum atomic E-state index is 12.7. The minimum absolute atomic E-state index is 0.0532. The Kier molecular flexibility index (Phi) is 5.82. The van der Waals surface area contributed by atoms with E-state index in [0.717, 1.165) is 18.0 Å². The number of hydrogen-bond acceptors (Lipinski definition) is 7. The topological polar surface area (TPSA) is 89.6 Å². The van der Waals surface area contributed by atoms with Crippen molar-refractivity contribution in [3.8, 4) is 23.4 Å². The third-order valence-corrected chi connectivity index (χ3v) is 5.84. The first-order valence-electron chi connectivity index (χ1n) is 10.8. The fourth-order valence-corrected chi connectivity index (χ4v) is 4.11. The van der Waals surface area contributed by atoms with Gasteiger partial charge in [-0.15, -0.1) is 0 Å². The van der Waals surface area contributed by atoms with Gasteiger partial charge in [-0.05, 0) is 42.0 Å². The molecule has 1 saturated heterocycles. The highest BCUT2D eigenvalue weighted by molar-refractivity contribution is 5.49. The van der Waals surface area contributed by atoms with Gasteiger partial charge in [0.2, 0.25) is 5.88 Å². The summed E-state index contributed by atoms with van der Waals surface area (Å²) in [6.45, 7) is 2.39. The molecule has 1 unspecified atom stereocenters. The predicted molar refractivity (Wildman–Crippen MR) is 117 cm³/mol. The molecule has 2 aliphatic rings. The molecule has 3 aromatic rings. The van der Waals surface area contributed by atoms with E-state index >= 15 is 0 Å². The number of alkyl halides is 3. The molecule has 0 aliphatic carbocycles. The molecule has 2 aliphatic heterocycles. The van der Waals surface area contributed by atoms with Crippen LogP contribution in [-0.2, 0) is 24.1 Å².